The smallest absolute Gasteiger partial charge is 0.0320 e. The van der Waals surface area contributed by atoms with E-state index in [0.717, 1.165) is 6.42 Å². The third-order valence-corrected chi connectivity index (χ3v) is 10.7. The van der Waals surface area contributed by atoms with Crippen LogP contribution in [0.2, 0.25) is 0 Å². The Morgan fingerprint density at radius 3 is 1.85 bits per heavy atom. The Hall–Kier alpha value is -5.72. The topological polar surface area (TPSA) is 0 Å². The highest BCUT2D eigenvalue weighted by Crippen LogP contribution is 2.51. The highest BCUT2D eigenvalue weighted by Gasteiger charge is 2.30. The van der Waals surface area contributed by atoms with Crippen LogP contribution in [-0.2, 0) is 0 Å². The van der Waals surface area contributed by atoms with Gasteiger partial charge in [0.1, 0.15) is 0 Å². The van der Waals surface area contributed by atoms with Gasteiger partial charge in [-0.2, -0.15) is 0 Å². The van der Waals surface area contributed by atoms with Crippen molar-refractivity contribution in [1.82, 2.24) is 0 Å². The molecule has 0 saturated heterocycles. The minimum absolute atomic E-state index is 0.254. The van der Waals surface area contributed by atoms with Crippen molar-refractivity contribution in [3.8, 4) is 44.5 Å². The zero-order valence-corrected chi connectivity index (χ0v) is 26.3. The Labute approximate surface area is 275 Å². The molecule has 0 saturated carbocycles. The van der Waals surface area contributed by atoms with Gasteiger partial charge in [0, 0.05) is 5.92 Å². The molecule has 0 spiro atoms. The van der Waals surface area contributed by atoms with Gasteiger partial charge in [-0.05, 0) is 118 Å². The summed E-state index contributed by atoms with van der Waals surface area (Å²) in [5.74, 6) is 0.254. The van der Waals surface area contributed by atoms with Gasteiger partial charge < -0.3 is 0 Å². The molecule has 0 amide bonds. The number of fused-ring (bicyclic) bond motifs is 6. The van der Waals surface area contributed by atoms with Gasteiger partial charge >= 0.3 is 0 Å². The molecular weight excluding hydrogens is 565 g/mol. The molecule has 8 aromatic carbocycles. The van der Waals surface area contributed by atoms with Crippen LogP contribution in [0.4, 0.5) is 0 Å². The predicted molar refractivity (Wildman–Crippen MR) is 201 cm³/mol. The van der Waals surface area contributed by atoms with Gasteiger partial charge in [0.15, 0.2) is 0 Å². The fourth-order valence-electron chi connectivity index (χ4n) is 8.66. The number of hydrogen-bond donors (Lipinski definition) is 0. The Kier molecular flexibility index (Phi) is 5.72. The van der Waals surface area contributed by atoms with Crippen molar-refractivity contribution in [3.05, 3.63) is 174 Å². The summed E-state index contributed by atoms with van der Waals surface area (Å²) in [6.45, 7) is 2.30. The highest BCUT2D eigenvalue weighted by molar-refractivity contribution is 6.18. The molecule has 1 unspecified atom stereocenters. The van der Waals surface area contributed by atoms with E-state index in [-0.39, 0.29) is 5.92 Å². The lowest BCUT2D eigenvalue weighted by atomic mass is 9.79. The van der Waals surface area contributed by atoms with Gasteiger partial charge in [-0.1, -0.05) is 152 Å². The van der Waals surface area contributed by atoms with Gasteiger partial charge in [-0.15, -0.1) is 0 Å². The first-order valence-corrected chi connectivity index (χ1v) is 16.8. The quantitative estimate of drug-likeness (QED) is 0.177. The zero-order chi connectivity index (χ0) is 31.1. The molecule has 220 valence electrons. The molecule has 0 aliphatic heterocycles. The molecule has 0 N–H and O–H groups in total. The van der Waals surface area contributed by atoms with Crippen molar-refractivity contribution in [3.63, 3.8) is 0 Å². The molecule has 2 aliphatic rings. The van der Waals surface area contributed by atoms with Crippen LogP contribution < -0.4 is 0 Å². The standard InChI is InChI=1S/C47H32/c1-2-29-25-31-13-3-4-17-35(31)46(29)47-41-22-9-7-20-39(41)44(40-21-8-10-23-42(40)47)32-15-11-14-30(26-32)34-27-33-16-12-24-38-36-18-5-6-19-37(36)43(28-34)45(33)38/h3-28,46H,2H2,1H3. The van der Waals surface area contributed by atoms with E-state index in [4.69, 9.17) is 0 Å². The predicted octanol–water partition coefficient (Wildman–Crippen LogP) is 13.1. The van der Waals surface area contributed by atoms with Crippen LogP contribution in [0.15, 0.2) is 157 Å². The zero-order valence-electron chi connectivity index (χ0n) is 26.3. The first-order valence-electron chi connectivity index (χ1n) is 16.8. The maximum absolute atomic E-state index is 2.43. The first-order chi connectivity index (χ1) is 23.3. The largest absolute Gasteiger partial charge is 0.0619 e. The number of hydrogen-bond acceptors (Lipinski definition) is 0. The molecular formula is C47H32. The molecule has 0 heteroatoms. The minimum Gasteiger partial charge on any atom is -0.0619 e. The summed E-state index contributed by atoms with van der Waals surface area (Å²) in [6.07, 6.45) is 3.46. The third kappa shape index (κ3) is 3.82. The SMILES string of the molecule is CCC1=Cc2ccccc2C1c1c2ccccc2c(-c2cccc(-c3cc4c5c(cccc5c3)-c3ccccc3-4)c2)c2ccccc12. The van der Waals surface area contributed by atoms with E-state index in [0.29, 0.717) is 0 Å². The molecule has 0 bridgehead atoms. The molecule has 0 nitrogen and oxygen atoms in total. The maximum atomic E-state index is 2.43. The Bertz CT molecular complexity index is 2560. The summed E-state index contributed by atoms with van der Waals surface area (Å²) in [7, 11) is 0. The van der Waals surface area contributed by atoms with Crippen LogP contribution in [0.3, 0.4) is 0 Å². The molecule has 2 aliphatic carbocycles. The lowest BCUT2D eigenvalue weighted by Gasteiger charge is -2.24. The first kappa shape index (κ1) is 26.5. The average Bonchev–Trinajstić information content (AvgIpc) is 3.67. The number of benzene rings is 8. The summed E-state index contributed by atoms with van der Waals surface area (Å²) in [5.41, 5.74) is 16.1. The maximum Gasteiger partial charge on any atom is 0.0320 e. The minimum atomic E-state index is 0.254. The van der Waals surface area contributed by atoms with Crippen molar-refractivity contribution in [2.45, 2.75) is 19.3 Å². The van der Waals surface area contributed by atoms with Crippen LogP contribution in [0.1, 0.15) is 36.0 Å². The van der Waals surface area contributed by atoms with Crippen molar-refractivity contribution >= 4 is 38.4 Å². The summed E-state index contributed by atoms with van der Waals surface area (Å²) >= 11 is 0. The molecule has 0 fully saturated rings. The van der Waals surface area contributed by atoms with Gasteiger partial charge in [-0.3, -0.25) is 0 Å². The molecule has 8 aromatic rings. The molecule has 0 heterocycles. The second-order valence-electron chi connectivity index (χ2n) is 13.1. The Balaban J connectivity index is 1.21. The average molecular weight is 597 g/mol. The normalized spacial score (nSPS) is 14.5. The van der Waals surface area contributed by atoms with E-state index in [1.54, 1.807) is 0 Å². The van der Waals surface area contributed by atoms with Crippen molar-refractivity contribution in [2.24, 2.45) is 0 Å². The molecule has 47 heavy (non-hydrogen) atoms. The van der Waals surface area contributed by atoms with Crippen molar-refractivity contribution in [2.75, 3.05) is 0 Å². The van der Waals surface area contributed by atoms with Gasteiger partial charge in [-0.25, -0.2) is 0 Å². The number of allylic oxidation sites excluding steroid dienone is 1. The lowest BCUT2D eigenvalue weighted by molar-refractivity contribution is 0.923. The monoisotopic (exact) mass is 596 g/mol. The molecule has 10 rings (SSSR count). The van der Waals surface area contributed by atoms with Crippen molar-refractivity contribution < 1.29 is 0 Å². The molecule has 0 aromatic heterocycles. The van der Waals surface area contributed by atoms with Crippen LogP contribution in [0.5, 0.6) is 0 Å². The molecule has 0 radical (unpaired) electrons. The molecule has 1 atom stereocenters. The van der Waals surface area contributed by atoms with Gasteiger partial charge in [0.25, 0.3) is 0 Å². The summed E-state index contributed by atoms with van der Waals surface area (Å²) in [5, 5.41) is 7.98. The van der Waals surface area contributed by atoms with E-state index < -0.39 is 0 Å². The van der Waals surface area contributed by atoms with E-state index in [9.17, 15) is 0 Å². The number of rotatable bonds is 4. The van der Waals surface area contributed by atoms with Crippen LogP contribution in [0, 0.1) is 0 Å². The fourth-order valence-corrected chi connectivity index (χ4v) is 8.66. The van der Waals surface area contributed by atoms with E-state index in [1.165, 1.54) is 99.1 Å². The lowest BCUT2D eigenvalue weighted by Crippen LogP contribution is -2.04. The van der Waals surface area contributed by atoms with Crippen LogP contribution in [0.25, 0.3) is 82.9 Å². The summed E-state index contributed by atoms with van der Waals surface area (Å²) < 4.78 is 0. The van der Waals surface area contributed by atoms with Gasteiger partial charge in [0.2, 0.25) is 0 Å². The van der Waals surface area contributed by atoms with E-state index >= 15 is 0 Å². The van der Waals surface area contributed by atoms with E-state index in [2.05, 4.69) is 165 Å². The van der Waals surface area contributed by atoms with Crippen LogP contribution >= 0.6 is 0 Å². The second-order valence-corrected chi connectivity index (χ2v) is 13.1. The van der Waals surface area contributed by atoms with Crippen molar-refractivity contribution in [1.29, 1.82) is 0 Å². The highest BCUT2D eigenvalue weighted by atomic mass is 14.3. The second kappa shape index (κ2) is 10.1. The van der Waals surface area contributed by atoms with Gasteiger partial charge in [0.05, 0.1) is 0 Å². The third-order valence-electron chi connectivity index (χ3n) is 10.7. The summed E-state index contributed by atoms with van der Waals surface area (Å²) in [6, 6.07) is 56.7. The Morgan fingerprint density at radius 1 is 0.468 bits per heavy atom. The van der Waals surface area contributed by atoms with E-state index in [1.807, 2.05) is 0 Å². The fraction of sp³-hybridized carbons (Fsp3) is 0.0638. The Morgan fingerprint density at radius 2 is 1.09 bits per heavy atom. The van der Waals surface area contributed by atoms with Crippen LogP contribution in [-0.4, -0.2) is 0 Å². The summed E-state index contributed by atoms with van der Waals surface area (Å²) in [4.78, 5) is 0.